The number of nitrogens with one attached hydrogen (secondary N) is 2. The second-order valence-corrected chi connectivity index (χ2v) is 10.6. The molecule has 11 nitrogen and oxygen atoms in total. The van der Waals surface area contributed by atoms with Gasteiger partial charge in [-0.15, -0.1) is 0 Å². The molecule has 5 rings (SSSR count). The third-order valence-electron chi connectivity index (χ3n) is 7.40. The maximum atomic E-state index is 13.6. The zero-order valence-corrected chi connectivity index (χ0v) is 25.2. The second-order valence-electron chi connectivity index (χ2n) is 10.6. The molecule has 6 N–H and O–H groups in total. The molecule has 0 saturated heterocycles. The molecule has 0 aliphatic rings. The van der Waals surface area contributed by atoms with Crippen LogP contribution in [0.15, 0.2) is 60.9 Å². The highest BCUT2D eigenvalue weighted by atomic mass is 19.1. The van der Waals surface area contributed by atoms with Crippen LogP contribution in [0.3, 0.4) is 0 Å². The quantitative estimate of drug-likeness (QED) is 0.133. The first-order valence-electron chi connectivity index (χ1n) is 14.4. The lowest BCUT2D eigenvalue weighted by Crippen LogP contribution is -2.37. The van der Waals surface area contributed by atoms with Gasteiger partial charge in [-0.2, -0.15) is 10.2 Å². The van der Waals surface area contributed by atoms with Crippen LogP contribution in [0.1, 0.15) is 49.4 Å². The van der Waals surface area contributed by atoms with Crippen molar-refractivity contribution in [3.05, 3.63) is 83.6 Å². The number of rotatable bonds is 11. The second kappa shape index (κ2) is 14.6. The van der Waals surface area contributed by atoms with Crippen LogP contribution in [-0.4, -0.2) is 61.9 Å². The molecule has 0 aliphatic heterocycles. The summed E-state index contributed by atoms with van der Waals surface area (Å²) in [4.78, 5) is 17.9. The van der Waals surface area contributed by atoms with E-state index in [1.54, 1.807) is 23.9 Å². The van der Waals surface area contributed by atoms with Gasteiger partial charge < -0.3 is 16.5 Å². The fraction of sp³-hybridized carbons (Fsp3) is 0.355. The third-order valence-corrected chi connectivity index (χ3v) is 7.40. The summed E-state index contributed by atoms with van der Waals surface area (Å²) in [7, 11) is 1.67. The van der Waals surface area contributed by atoms with Gasteiger partial charge in [0.2, 0.25) is 5.91 Å². The molecule has 3 heterocycles. The maximum Gasteiger partial charge on any atom is 0.233 e. The molecule has 2 aromatic carbocycles. The predicted octanol–water partition coefficient (Wildman–Crippen LogP) is 4.08. The molecule has 0 aliphatic carbocycles. The van der Waals surface area contributed by atoms with Crippen molar-refractivity contribution in [3.63, 3.8) is 0 Å². The highest BCUT2D eigenvalue weighted by Crippen LogP contribution is 2.25. The number of halogens is 1. The number of benzene rings is 2. The topological polar surface area (TPSA) is 144 Å². The average Bonchev–Trinajstić information content (AvgIpc) is 3.58. The van der Waals surface area contributed by atoms with E-state index in [0.29, 0.717) is 36.2 Å². The van der Waals surface area contributed by atoms with Crippen LogP contribution >= 0.6 is 0 Å². The van der Waals surface area contributed by atoms with E-state index < -0.39 is 0 Å². The number of aromatic nitrogens is 5. The molecular weight excluding hydrogens is 547 g/mol. The molecule has 5 aromatic rings. The van der Waals surface area contributed by atoms with Crippen LogP contribution in [0.25, 0.3) is 16.4 Å². The Labute approximate surface area is 251 Å². The molecule has 12 heteroatoms. The van der Waals surface area contributed by atoms with Gasteiger partial charge in [-0.25, -0.2) is 24.4 Å². The van der Waals surface area contributed by atoms with Gasteiger partial charge in [0.15, 0.2) is 5.82 Å². The number of nitrogens with two attached hydrogens (primary N) is 2. The smallest absolute Gasteiger partial charge is 0.233 e. The monoisotopic (exact) mass is 588 g/mol. The largest absolute Gasteiger partial charge is 0.383 e. The molecule has 1 atom stereocenters. The van der Waals surface area contributed by atoms with Gasteiger partial charge in [-0.05, 0) is 69.1 Å². The summed E-state index contributed by atoms with van der Waals surface area (Å²) in [5.74, 6) is 6.79. The number of carbonyl (C=O) groups excluding carboxylic acids is 1. The molecule has 0 radical (unpaired) electrons. The molecule has 0 saturated carbocycles. The van der Waals surface area contributed by atoms with Gasteiger partial charge in [-0.3, -0.25) is 9.69 Å². The van der Waals surface area contributed by atoms with Crippen molar-refractivity contribution in [1.29, 1.82) is 0 Å². The number of aryl methyl sites for hydroxylation is 1. The van der Waals surface area contributed by atoms with E-state index >= 15 is 0 Å². The number of anilines is 2. The summed E-state index contributed by atoms with van der Waals surface area (Å²) in [6.07, 6.45) is 3.46. The van der Waals surface area contributed by atoms with Crippen molar-refractivity contribution < 1.29 is 9.18 Å². The van der Waals surface area contributed by atoms with E-state index in [2.05, 4.69) is 50.7 Å². The van der Waals surface area contributed by atoms with E-state index in [1.165, 1.54) is 12.4 Å². The fourth-order valence-corrected chi connectivity index (χ4v) is 5.00. The summed E-state index contributed by atoms with van der Waals surface area (Å²) in [5, 5.41) is 12.3. The van der Waals surface area contributed by atoms with Crippen LogP contribution in [-0.2, 0) is 11.3 Å². The normalized spacial score (nSPS) is 11.9. The van der Waals surface area contributed by atoms with Gasteiger partial charge >= 0.3 is 0 Å². The minimum absolute atomic E-state index is 0.0515. The average molecular weight is 589 g/mol. The summed E-state index contributed by atoms with van der Waals surface area (Å²) in [6.45, 7) is 8.86. The molecule has 1 unspecified atom stereocenters. The Kier molecular flexibility index (Phi) is 10.6. The van der Waals surface area contributed by atoms with E-state index in [0.717, 1.165) is 53.6 Å². The lowest BCUT2D eigenvalue weighted by atomic mass is 10.0. The first-order chi connectivity index (χ1) is 20.7. The molecular formula is C31H41FN10O. The van der Waals surface area contributed by atoms with Crippen molar-refractivity contribution in [3.8, 4) is 0 Å². The Morgan fingerprint density at radius 1 is 1.14 bits per heavy atom. The summed E-state index contributed by atoms with van der Waals surface area (Å²) in [6, 6.07) is 16.6. The number of carbonyl (C=O) groups is 1. The van der Waals surface area contributed by atoms with E-state index in [4.69, 9.17) is 11.6 Å². The molecule has 0 bridgehead atoms. The number of hydrazine groups is 1. The lowest BCUT2D eigenvalue weighted by Gasteiger charge is -2.22. The summed E-state index contributed by atoms with van der Waals surface area (Å²) in [5.41, 5.74) is 13.2. The number of amides is 1. The van der Waals surface area contributed by atoms with Crippen molar-refractivity contribution in [2.45, 2.75) is 46.1 Å². The van der Waals surface area contributed by atoms with Gasteiger partial charge in [0.05, 0.1) is 18.6 Å². The molecule has 228 valence electrons. The van der Waals surface area contributed by atoms with Crippen LogP contribution in [0, 0.1) is 12.7 Å². The van der Waals surface area contributed by atoms with Gasteiger partial charge in [0.25, 0.3) is 0 Å². The Balaban J connectivity index is 0.000000202. The van der Waals surface area contributed by atoms with Crippen molar-refractivity contribution >= 4 is 34.0 Å². The van der Waals surface area contributed by atoms with Gasteiger partial charge in [-0.1, -0.05) is 43.7 Å². The van der Waals surface area contributed by atoms with Crippen molar-refractivity contribution in [2.24, 2.45) is 5.84 Å². The first-order valence-corrected chi connectivity index (χ1v) is 14.4. The fourth-order valence-electron chi connectivity index (χ4n) is 5.00. The number of likely N-dealkylation sites (N-methyl/N-ethyl adjacent to an activating group) is 1. The number of hydrogen-bond acceptors (Lipinski definition) is 8. The first kappa shape index (κ1) is 31.4. The van der Waals surface area contributed by atoms with E-state index in [9.17, 15) is 9.18 Å². The molecule has 0 fully saturated rings. The minimum Gasteiger partial charge on any atom is -0.383 e. The van der Waals surface area contributed by atoms with Gasteiger partial charge in [0, 0.05) is 23.7 Å². The minimum atomic E-state index is -0.238. The number of nitrogen functional groups attached to an aromatic ring is 2. The Morgan fingerprint density at radius 3 is 2.65 bits per heavy atom. The number of nitrogens with zero attached hydrogens (tertiary/aromatic N) is 6. The molecule has 43 heavy (non-hydrogen) atoms. The van der Waals surface area contributed by atoms with Crippen LogP contribution in [0.2, 0.25) is 0 Å². The number of fused-ring (bicyclic) bond motifs is 2. The Morgan fingerprint density at radius 2 is 1.93 bits per heavy atom. The standard InChI is InChI=1S/C16H27N7O.C15H14FN3/c1-4-8-22(10-15(24)18-3)9-7-12(2)13-5-6-14-16(21-17)19-11-20-23(13)14;1-10-6-7-14-12(8-10)15(17)19(18-14)9-11-4-2-3-5-13(11)16/h5-6,11-12H,4,7-10,17H2,1-3H3,(H,18,24)(H,19,20,21);2-8H,9,17H2,1H3. The van der Waals surface area contributed by atoms with Crippen LogP contribution in [0.4, 0.5) is 16.0 Å². The Hall–Kier alpha value is -4.55. The Bertz CT molecular complexity index is 1660. The third kappa shape index (κ3) is 7.65. The SMILES string of the molecule is CCCN(CCC(C)c1ccc2c(NN)ncnn12)CC(=O)NC.Cc1ccc2nn(Cc3ccccc3F)c(N)c2c1. The molecule has 1 amide bonds. The summed E-state index contributed by atoms with van der Waals surface area (Å²) >= 11 is 0. The lowest BCUT2D eigenvalue weighted by molar-refractivity contribution is -0.121. The van der Waals surface area contributed by atoms with Crippen LogP contribution < -0.4 is 22.3 Å². The highest BCUT2D eigenvalue weighted by Gasteiger charge is 2.16. The molecule has 3 aromatic heterocycles. The van der Waals surface area contributed by atoms with Crippen molar-refractivity contribution in [2.75, 3.05) is 37.8 Å². The van der Waals surface area contributed by atoms with Crippen LogP contribution in [0.5, 0.6) is 0 Å². The maximum absolute atomic E-state index is 13.6. The van der Waals surface area contributed by atoms with Crippen molar-refractivity contribution in [1.82, 2.24) is 34.6 Å². The molecule has 0 spiro atoms. The predicted molar refractivity (Wildman–Crippen MR) is 169 cm³/mol. The highest BCUT2D eigenvalue weighted by molar-refractivity contribution is 5.89. The zero-order valence-electron chi connectivity index (χ0n) is 25.2. The zero-order chi connectivity index (χ0) is 30.9. The van der Waals surface area contributed by atoms with E-state index in [-0.39, 0.29) is 11.7 Å². The summed E-state index contributed by atoms with van der Waals surface area (Å²) < 4.78 is 17.2. The van der Waals surface area contributed by atoms with E-state index in [1.807, 2.05) is 41.8 Å². The number of hydrogen-bond donors (Lipinski definition) is 4. The van der Waals surface area contributed by atoms with Gasteiger partial charge in [0.1, 0.15) is 23.5 Å².